The molecular weight excluding hydrogens is 396 g/mol. The number of ether oxygens (including phenoxy) is 2. The van der Waals surface area contributed by atoms with Gasteiger partial charge >= 0.3 is 0 Å². The summed E-state index contributed by atoms with van der Waals surface area (Å²) in [5.41, 5.74) is 6.47. The summed E-state index contributed by atoms with van der Waals surface area (Å²) in [6.07, 6.45) is 5.02. The fourth-order valence-electron chi connectivity index (χ4n) is 2.67. The number of rotatable bonds is 11. The molecule has 0 unspecified atom stereocenters. The van der Waals surface area contributed by atoms with E-state index in [0.717, 1.165) is 35.5 Å². The zero-order valence-electron chi connectivity index (χ0n) is 18.0. The number of hydrogen-bond acceptors (Lipinski definition) is 6. The van der Waals surface area contributed by atoms with Gasteiger partial charge in [-0.15, -0.1) is 0 Å². The van der Waals surface area contributed by atoms with Crippen molar-refractivity contribution < 1.29 is 19.1 Å². The molecule has 8 heteroatoms. The van der Waals surface area contributed by atoms with Gasteiger partial charge in [0, 0.05) is 0 Å². The predicted molar refractivity (Wildman–Crippen MR) is 120 cm³/mol. The van der Waals surface area contributed by atoms with E-state index >= 15 is 0 Å². The van der Waals surface area contributed by atoms with E-state index in [4.69, 9.17) is 9.47 Å². The quantitative estimate of drug-likeness (QED) is 0.329. The zero-order chi connectivity index (χ0) is 22.5. The zero-order valence-corrected chi connectivity index (χ0v) is 18.0. The van der Waals surface area contributed by atoms with Gasteiger partial charge in [0.05, 0.1) is 26.6 Å². The van der Waals surface area contributed by atoms with E-state index in [0.29, 0.717) is 6.42 Å². The highest BCUT2D eigenvalue weighted by Crippen LogP contribution is 2.12. The average molecular weight is 425 g/mol. The number of carbonyl (C=O) groups is 2. The summed E-state index contributed by atoms with van der Waals surface area (Å²) >= 11 is 0. The Morgan fingerprint density at radius 2 is 1.26 bits per heavy atom. The number of unbranched alkanes of at least 4 members (excludes halogenated alkanes) is 1. The lowest BCUT2D eigenvalue weighted by molar-refractivity contribution is -0.135. The van der Waals surface area contributed by atoms with E-state index in [9.17, 15) is 9.59 Å². The molecule has 0 aliphatic rings. The highest BCUT2D eigenvalue weighted by atomic mass is 16.5. The van der Waals surface area contributed by atoms with E-state index in [1.165, 1.54) is 12.4 Å². The first kappa shape index (κ1) is 23.6. The summed E-state index contributed by atoms with van der Waals surface area (Å²) in [7, 11) is 3.18. The third kappa shape index (κ3) is 7.93. The van der Waals surface area contributed by atoms with Crippen molar-refractivity contribution in [2.45, 2.75) is 26.2 Å². The van der Waals surface area contributed by atoms with Crippen LogP contribution in [-0.4, -0.2) is 38.5 Å². The van der Waals surface area contributed by atoms with Crippen molar-refractivity contribution in [2.24, 2.45) is 16.1 Å². The van der Waals surface area contributed by atoms with Gasteiger partial charge in [0.15, 0.2) is 0 Å². The van der Waals surface area contributed by atoms with E-state index in [1.54, 1.807) is 38.5 Å². The molecule has 8 nitrogen and oxygen atoms in total. The molecule has 2 aromatic rings. The molecule has 0 heterocycles. The van der Waals surface area contributed by atoms with Gasteiger partial charge < -0.3 is 9.47 Å². The maximum absolute atomic E-state index is 12.5. The summed E-state index contributed by atoms with van der Waals surface area (Å²) < 4.78 is 10.2. The number of hydrazone groups is 2. The van der Waals surface area contributed by atoms with Crippen molar-refractivity contribution in [1.29, 1.82) is 0 Å². The number of benzene rings is 2. The summed E-state index contributed by atoms with van der Waals surface area (Å²) in [6.45, 7) is 2.00. The molecule has 2 amide bonds. The second-order valence-corrected chi connectivity index (χ2v) is 6.71. The summed E-state index contributed by atoms with van der Waals surface area (Å²) in [5.74, 6) is -0.382. The minimum absolute atomic E-state index is 0.407. The number of methoxy groups -OCH3 is 2. The lowest BCUT2D eigenvalue weighted by atomic mass is 10.0. The van der Waals surface area contributed by atoms with Crippen LogP contribution in [0.5, 0.6) is 11.5 Å². The number of amides is 2. The number of nitrogens with zero attached hydrogens (tertiary/aromatic N) is 2. The Labute approximate surface area is 182 Å². The molecule has 164 valence electrons. The van der Waals surface area contributed by atoms with Crippen molar-refractivity contribution in [3.8, 4) is 11.5 Å². The van der Waals surface area contributed by atoms with Crippen molar-refractivity contribution in [3.05, 3.63) is 59.7 Å². The van der Waals surface area contributed by atoms with E-state index in [1.807, 2.05) is 31.2 Å². The molecule has 0 saturated carbocycles. The topological polar surface area (TPSA) is 101 Å². The Morgan fingerprint density at radius 1 is 0.839 bits per heavy atom. The molecule has 0 fully saturated rings. The Kier molecular flexibility index (Phi) is 9.74. The van der Waals surface area contributed by atoms with Crippen LogP contribution in [0.3, 0.4) is 0 Å². The Bertz CT molecular complexity index is 821. The second-order valence-electron chi connectivity index (χ2n) is 6.71. The van der Waals surface area contributed by atoms with Crippen LogP contribution in [-0.2, 0) is 9.59 Å². The van der Waals surface area contributed by atoms with Crippen LogP contribution in [0, 0.1) is 5.92 Å². The molecule has 0 aliphatic heterocycles. The standard InChI is InChI=1S/C23H28N4O4/c1-4-5-6-21(22(28)26-24-15-17-7-11-19(30-2)12-8-17)23(29)27-25-16-18-9-13-20(31-3)14-10-18/h7-16,21H,4-6H2,1-3H3,(H,26,28)(H,27,29)/b24-15-,25-16-. The molecular formula is C23H28N4O4. The molecule has 31 heavy (non-hydrogen) atoms. The molecule has 0 aromatic heterocycles. The van der Waals surface area contributed by atoms with Crippen LogP contribution < -0.4 is 20.3 Å². The molecule has 0 spiro atoms. The van der Waals surface area contributed by atoms with Crippen molar-refractivity contribution >= 4 is 24.2 Å². The number of carbonyl (C=O) groups excluding carboxylic acids is 2. The number of hydrogen-bond donors (Lipinski definition) is 2. The predicted octanol–water partition coefficient (Wildman–Crippen LogP) is 3.11. The van der Waals surface area contributed by atoms with Crippen LogP contribution in [0.1, 0.15) is 37.3 Å². The van der Waals surface area contributed by atoms with Crippen LogP contribution in [0.25, 0.3) is 0 Å². The fraction of sp³-hybridized carbons (Fsp3) is 0.304. The van der Waals surface area contributed by atoms with E-state index in [-0.39, 0.29) is 0 Å². The Morgan fingerprint density at radius 3 is 1.61 bits per heavy atom. The molecule has 2 rings (SSSR count). The molecule has 0 atom stereocenters. The Hall–Kier alpha value is -3.68. The molecule has 0 bridgehead atoms. The molecule has 0 saturated heterocycles. The van der Waals surface area contributed by atoms with Crippen LogP contribution >= 0.6 is 0 Å². The van der Waals surface area contributed by atoms with Gasteiger partial charge in [0.25, 0.3) is 11.8 Å². The minimum Gasteiger partial charge on any atom is -0.497 e. The van der Waals surface area contributed by atoms with Gasteiger partial charge in [-0.3, -0.25) is 9.59 Å². The van der Waals surface area contributed by atoms with Gasteiger partial charge in [-0.25, -0.2) is 10.9 Å². The largest absolute Gasteiger partial charge is 0.497 e. The molecule has 0 radical (unpaired) electrons. The van der Waals surface area contributed by atoms with Gasteiger partial charge in [-0.05, 0) is 66.1 Å². The van der Waals surface area contributed by atoms with Gasteiger partial charge in [0.1, 0.15) is 17.4 Å². The lowest BCUT2D eigenvalue weighted by Crippen LogP contribution is -2.38. The molecule has 2 aromatic carbocycles. The summed E-state index contributed by atoms with van der Waals surface area (Å²) in [4.78, 5) is 25.0. The summed E-state index contributed by atoms with van der Waals surface area (Å²) in [5, 5.41) is 7.91. The molecule has 2 N–H and O–H groups in total. The maximum atomic E-state index is 12.5. The Balaban J connectivity index is 1.94. The minimum atomic E-state index is -0.888. The maximum Gasteiger partial charge on any atom is 0.252 e. The highest BCUT2D eigenvalue weighted by Gasteiger charge is 2.25. The van der Waals surface area contributed by atoms with Crippen molar-refractivity contribution in [3.63, 3.8) is 0 Å². The van der Waals surface area contributed by atoms with E-state index in [2.05, 4.69) is 21.1 Å². The van der Waals surface area contributed by atoms with Gasteiger partial charge in [-0.2, -0.15) is 10.2 Å². The highest BCUT2D eigenvalue weighted by molar-refractivity contribution is 6.00. The van der Waals surface area contributed by atoms with E-state index < -0.39 is 17.7 Å². The van der Waals surface area contributed by atoms with Crippen LogP contribution in [0.15, 0.2) is 58.7 Å². The fourth-order valence-corrected chi connectivity index (χ4v) is 2.67. The first-order valence-corrected chi connectivity index (χ1v) is 10.0. The SMILES string of the molecule is CCCCC(C(=O)N/N=C\c1ccc(OC)cc1)C(=O)N/N=C\c1ccc(OC)cc1. The molecule has 0 aliphatic carbocycles. The third-order valence-electron chi connectivity index (χ3n) is 4.49. The van der Waals surface area contributed by atoms with Crippen LogP contribution in [0.4, 0.5) is 0 Å². The summed E-state index contributed by atoms with van der Waals surface area (Å²) in [6, 6.07) is 14.4. The van der Waals surface area contributed by atoms with Gasteiger partial charge in [0.2, 0.25) is 0 Å². The monoisotopic (exact) mass is 424 g/mol. The third-order valence-corrected chi connectivity index (χ3v) is 4.49. The van der Waals surface area contributed by atoms with Crippen molar-refractivity contribution in [2.75, 3.05) is 14.2 Å². The van der Waals surface area contributed by atoms with Crippen molar-refractivity contribution in [1.82, 2.24) is 10.9 Å². The first-order valence-electron chi connectivity index (χ1n) is 10.0. The first-order chi connectivity index (χ1) is 15.1. The number of nitrogens with one attached hydrogen (secondary N) is 2. The second kappa shape index (κ2) is 12.8. The normalized spacial score (nSPS) is 11.1. The average Bonchev–Trinajstić information content (AvgIpc) is 2.80. The lowest BCUT2D eigenvalue weighted by Gasteiger charge is -2.12. The van der Waals surface area contributed by atoms with Crippen LogP contribution in [0.2, 0.25) is 0 Å². The van der Waals surface area contributed by atoms with Gasteiger partial charge in [-0.1, -0.05) is 19.8 Å². The smallest absolute Gasteiger partial charge is 0.252 e.